The van der Waals surface area contributed by atoms with Crippen molar-refractivity contribution >= 4 is 33.4 Å². The maximum Gasteiger partial charge on any atom is 0.222 e. The second-order valence-corrected chi connectivity index (χ2v) is 10.6. The molecule has 0 bridgehead atoms. The van der Waals surface area contributed by atoms with Crippen LogP contribution in [0.4, 0.5) is 11.8 Å². The lowest BCUT2D eigenvalue weighted by molar-refractivity contribution is 0.414. The van der Waals surface area contributed by atoms with E-state index in [2.05, 4.69) is 30.3 Å². The molecule has 2 heterocycles. The molecule has 0 saturated heterocycles. The van der Waals surface area contributed by atoms with Crippen LogP contribution in [0.5, 0.6) is 17.4 Å². The highest BCUT2D eigenvalue weighted by atomic mass is 35.5. The highest BCUT2D eigenvalue weighted by molar-refractivity contribution is 7.88. The van der Waals surface area contributed by atoms with Crippen molar-refractivity contribution < 1.29 is 17.9 Å². The van der Waals surface area contributed by atoms with Crippen LogP contribution in [0.25, 0.3) is 0 Å². The van der Waals surface area contributed by atoms with Crippen LogP contribution in [0, 0.1) is 0 Å². The summed E-state index contributed by atoms with van der Waals surface area (Å²) in [4.78, 5) is 12.9. The Morgan fingerprint density at radius 2 is 1.47 bits per heavy atom. The van der Waals surface area contributed by atoms with Crippen molar-refractivity contribution in [1.82, 2.24) is 19.7 Å². The first-order chi connectivity index (χ1) is 18.3. The number of ether oxygens (including phenoxy) is 2. The molecular weight excluding hydrogens is 528 g/mol. The number of hydrogen-bond donors (Lipinski definition) is 3. The maximum absolute atomic E-state index is 11.8. The summed E-state index contributed by atoms with van der Waals surface area (Å²) in [7, 11) is -0.345. The lowest BCUT2D eigenvalue weighted by Crippen LogP contribution is -2.20. The summed E-state index contributed by atoms with van der Waals surface area (Å²) >= 11 is 5.87. The first-order valence-electron chi connectivity index (χ1n) is 11.6. The van der Waals surface area contributed by atoms with Crippen LogP contribution < -0.4 is 24.8 Å². The third-order valence-electron chi connectivity index (χ3n) is 5.38. The van der Waals surface area contributed by atoms with Crippen LogP contribution in [0.1, 0.15) is 16.7 Å². The van der Waals surface area contributed by atoms with Crippen LogP contribution in [-0.4, -0.2) is 37.5 Å². The zero-order valence-corrected chi connectivity index (χ0v) is 22.4. The quantitative estimate of drug-likeness (QED) is 0.230. The third kappa shape index (κ3) is 8.04. The molecule has 0 radical (unpaired) electrons. The molecule has 0 aliphatic carbocycles. The van der Waals surface area contributed by atoms with Gasteiger partial charge in [-0.15, -0.1) is 0 Å². The summed E-state index contributed by atoms with van der Waals surface area (Å²) < 4.78 is 37.2. The molecule has 4 aromatic rings. The molecule has 0 unspecified atom stereocenters. The van der Waals surface area contributed by atoms with Crippen molar-refractivity contribution in [2.75, 3.05) is 24.8 Å². The minimum absolute atomic E-state index is 0.116. The highest BCUT2D eigenvalue weighted by Crippen LogP contribution is 2.25. The van der Waals surface area contributed by atoms with E-state index in [0.717, 1.165) is 16.9 Å². The number of nitrogens with zero attached hydrogens (tertiary/aromatic N) is 3. The van der Waals surface area contributed by atoms with Crippen LogP contribution in [0.2, 0.25) is 5.02 Å². The SMILES string of the molecule is CNS(=O)(=O)Cc1ccc(Oc2cc(CNc3ncc(Cl)cn3)cc(NCc3ccc(OC)cc3)n2)cc1. The lowest BCUT2D eigenvalue weighted by atomic mass is 10.2. The summed E-state index contributed by atoms with van der Waals surface area (Å²) in [6.07, 6.45) is 3.04. The predicted molar refractivity (Wildman–Crippen MR) is 147 cm³/mol. The van der Waals surface area contributed by atoms with Crippen LogP contribution in [0.3, 0.4) is 0 Å². The summed E-state index contributed by atoms with van der Waals surface area (Å²) in [5.41, 5.74) is 2.57. The Balaban J connectivity index is 1.51. The normalized spacial score (nSPS) is 11.1. The fourth-order valence-electron chi connectivity index (χ4n) is 3.39. The number of sulfonamides is 1. The smallest absolute Gasteiger partial charge is 0.222 e. The molecule has 0 spiro atoms. The number of aromatic nitrogens is 3. The molecule has 0 saturated carbocycles. The van der Waals surface area contributed by atoms with Crippen LogP contribution in [-0.2, 0) is 28.9 Å². The molecular formula is C26H27ClN6O4S. The average Bonchev–Trinajstić information content (AvgIpc) is 2.93. The monoisotopic (exact) mass is 554 g/mol. The molecule has 2 aromatic carbocycles. The van der Waals surface area contributed by atoms with Crippen molar-refractivity contribution in [3.05, 3.63) is 94.8 Å². The van der Waals surface area contributed by atoms with Crippen molar-refractivity contribution in [1.29, 1.82) is 0 Å². The minimum atomic E-state index is -3.36. The van der Waals surface area contributed by atoms with Crippen LogP contribution >= 0.6 is 11.6 Å². The topological polar surface area (TPSA) is 127 Å². The second-order valence-electron chi connectivity index (χ2n) is 8.19. The molecule has 4 rings (SSSR count). The number of benzene rings is 2. The molecule has 0 fully saturated rings. The van der Waals surface area contributed by atoms with Gasteiger partial charge in [-0.25, -0.2) is 23.1 Å². The molecule has 2 aromatic heterocycles. The van der Waals surface area contributed by atoms with Gasteiger partial charge in [-0.2, -0.15) is 4.98 Å². The van der Waals surface area contributed by atoms with Gasteiger partial charge < -0.3 is 20.1 Å². The molecule has 10 nitrogen and oxygen atoms in total. The average molecular weight is 555 g/mol. The largest absolute Gasteiger partial charge is 0.497 e. The summed E-state index contributed by atoms with van der Waals surface area (Å²) in [5, 5.41) is 6.94. The van der Waals surface area contributed by atoms with E-state index in [1.807, 2.05) is 30.3 Å². The number of nitrogens with one attached hydrogen (secondary N) is 3. The molecule has 0 amide bonds. The standard InChI is InChI=1S/C26H27ClN6O4S/c1-28-38(34,35)17-19-5-9-23(10-6-19)37-25-12-20(14-30-26-31-15-21(27)16-32-26)11-24(33-25)29-13-18-3-7-22(36-2)8-4-18/h3-12,15-16,28H,13-14,17H2,1-2H3,(H,29,33)(H,30,31,32). The van der Waals surface area contributed by atoms with Crippen molar-refractivity contribution in [2.45, 2.75) is 18.8 Å². The molecule has 3 N–H and O–H groups in total. The molecule has 0 atom stereocenters. The van der Waals surface area contributed by atoms with Gasteiger partial charge in [-0.3, -0.25) is 0 Å². The highest BCUT2D eigenvalue weighted by Gasteiger charge is 2.10. The molecule has 0 aliphatic heterocycles. The number of hydrogen-bond acceptors (Lipinski definition) is 9. The number of pyridine rings is 1. The number of halogens is 1. The van der Waals surface area contributed by atoms with Gasteiger partial charge in [0.1, 0.15) is 17.3 Å². The first-order valence-corrected chi connectivity index (χ1v) is 13.6. The molecule has 0 aliphatic rings. The third-order valence-corrected chi connectivity index (χ3v) is 6.91. The van der Waals surface area contributed by atoms with Gasteiger partial charge in [-0.05, 0) is 54.1 Å². The second kappa shape index (κ2) is 12.5. The molecule has 198 valence electrons. The van der Waals surface area contributed by atoms with Gasteiger partial charge >= 0.3 is 0 Å². The Hall–Kier alpha value is -3.93. The van der Waals surface area contributed by atoms with E-state index in [0.29, 0.717) is 47.1 Å². The van der Waals surface area contributed by atoms with Crippen LogP contribution in [0.15, 0.2) is 73.1 Å². The van der Waals surface area contributed by atoms with Crippen molar-refractivity contribution in [3.8, 4) is 17.4 Å². The van der Waals surface area contributed by atoms with Gasteiger partial charge in [0.25, 0.3) is 0 Å². The minimum Gasteiger partial charge on any atom is -0.497 e. The van der Waals surface area contributed by atoms with Crippen molar-refractivity contribution in [2.24, 2.45) is 0 Å². The Labute approximate surface area is 226 Å². The Morgan fingerprint density at radius 1 is 0.842 bits per heavy atom. The number of anilines is 2. The Bertz CT molecular complexity index is 1450. The van der Waals surface area contributed by atoms with E-state index in [9.17, 15) is 8.42 Å². The zero-order chi connectivity index (χ0) is 27.0. The van der Waals surface area contributed by atoms with E-state index in [-0.39, 0.29) is 5.75 Å². The van der Waals surface area contributed by atoms with E-state index in [1.165, 1.54) is 19.4 Å². The summed E-state index contributed by atoms with van der Waals surface area (Å²) in [6.45, 7) is 0.959. The van der Waals surface area contributed by atoms with Gasteiger partial charge in [0.15, 0.2) is 0 Å². The van der Waals surface area contributed by atoms with E-state index < -0.39 is 10.0 Å². The number of rotatable bonds is 12. The molecule has 12 heteroatoms. The van der Waals surface area contributed by atoms with E-state index in [1.54, 1.807) is 37.4 Å². The maximum atomic E-state index is 11.8. The van der Waals surface area contributed by atoms with Crippen molar-refractivity contribution in [3.63, 3.8) is 0 Å². The van der Waals surface area contributed by atoms with E-state index in [4.69, 9.17) is 21.1 Å². The Morgan fingerprint density at radius 3 is 2.13 bits per heavy atom. The van der Waals surface area contributed by atoms with Gasteiger partial charge in [0.05, 0.1) is 30.3 Å². The summed E-state index contributed by atoms with van der Waals surface area (Å²) in [5.74, 6) is 2.62. The fourth-order valence-corrected chi connectivity index (χ4v) is 4.26. The lowest BCUT2D eigenvalue weighted by Gasteiger charge is -2.13. The van der Waals surface area contributed by atoms with Gasteiger partial charge in [0.2, 0.25) is 21.9 Å². The zero-order valence-electron chi connectivity index (χ0n) is 20.8. The molecule has 38 heavy (non-hydrogen) atoms. The predicted octanol–water partition coefficient (Wildman–Crippen LogP) is 4.60. The Kier molecular flexibility index (Phi) is 8.95. The van der Waals surface area contributed by atoms with Gasteiger partial charge in [0, 0.05) is 19.2 Å². The first kappa shape index (κ1) is 27.1. The van der Waals surface area contributed by atoms with Gasteiger partial charge in [-0.1, -0.05) is 35.9 Å². The fraction of sp³-hybridized carbons (Fsp3) is 0.192. The summed E-state index contributed by atoms with van der Waals surface area (Å²) in [6, 6.07) is 18.3. The van der Waals surface area contributed by atoms with E-state index >= 15 is 0 Å². The number of methoxy groups -OCH3 is 1.